The molecular weight excluding hydrogens is 368 g/mol. The SMILES string of the molecule is COCCCN(C)C(=O)c1ccc2[nH]c(=O)c3cnc(-c4ccccc4)n3c2c1. The number of carbonyl (C=O) groups is 1. The van der Waals surface area contributed by atoms with Crippen LogP contribution in [-0.2, 0) is 4.74 Å². The summed E-state index contributed by atoms with van der Waals surface area (Å²) in [5.74, 6) is 0.582. The summed E-state index contributed by atoms with van der Waals surface area (Å²) in [7, 11) is 3.42. The van der Waals surface area contributed by atoms with Crippen LogP contribution in [0, 0.1) is 0 Å². The van der Waals surface area contributed by atoms with E-state index in [1.54, 1.807) is 37.4 Å². The van der Waals surface area contributed by atoms with Crippen molar-refractivity contribution >= 4 is 22.5 Å². The quantitative estimate of drug-likeness (QED) is 0.514. The second-order valence-electron chi connectivity index (χ2n) is 6.93. The molecule has 1 N–H and O–H groups in total. The number of ether oxygens (including phenoxy) is 1. The number of hydrogen-bond acceptors (Lipinski definition) is 4. The van der Waals surface area contributed by atoms with E-state index >= 15 is 0 Å². The number of methoxy groups -OCH3 is 1. The van der Waals surface area contributed by atoms with Crippen LogP contribution < -0.4 is 5.56 Å². The van der Waals surface area contributed by atoms with Crippen LogP contribution in [0.5, 0.6) is 0 Å². The highest BCUT2D eigenvalue weighted by Crippen LogP contribution is 2.23. The molecule has 4 aromatic rings. The van der Waals surface area contributed by atoms with Crippen molar-refractivity contribution in [3.05, 3.63) is 70.6 Å². The molecule has 0 unspecified atom stereocenters. The zero-order chi connectivity index (χ0) is 20.4. The lowest BCUT2D eigenvalue weighted by molar-refractivity contribution is 0.0779. The monoisotopic (exact) mass is 390 g/mol. The molecule has 0 aliphatic rings. The molecule has 0 fully saturated rings. The molecule has 0 aliphatic heterocycles. The van der Waals surface area contributed by atoms with Crippen molar-refractivity contribution in [3.8, 4) is 11.4 Å². The number of H-pyrrole nitrogens is 1. The minimum atomic E-state index is -0.219. The zero-order valence-corrected chi connectivity index (χ0v) is 16.4. The van der Waals surface area contributed by atoms with Gasteiger partial charge >= 0.3 is 0 Å². The number of hydrogen-bond donors (Lipinski definition) is 1. The van der Waals surface area contributed by atoms with E-state index in [4.69, 9.17) is 4.74 Å². The normalized spacial score (nSPS) is 11.2. The third-order valence-corrected chi connectivity index (χ3v) is 4.95. The third-order valence-electron chi connectivity index (χ3n) is 4.95. The molecule has 0 spiro atoms. The Morgan fingerprint density at radius 3 is 2.72 bits per heavy atom. The maximum Gasteiger partial charge on any atom is 0.274 e. The maximum atomic E-state index is 12.9. The van der Waals surface area contributed by atoms with Gasteiger partial charge in [0.25, 0.3) is 11.5 Å². The summed E-state index contributed by atoms with van der Waals surface area (Å²) in [5, 5.41) is 0. The Bertz CT molecular complexity index is 1230. The minimum absolute atomic E-state index is 0.0799. The molecule has 1 amide bonds. The van der Waals surface area contributed by atoms with Crippen molar-refractivity contribution in [3.63, 3.8) is 0 Å². The van der Waals surface area contributed by atoms with Gasteiger partial charge in [-0.3, -0.25) is 14.0 Å². The van der Waals surface area contributed by atoms with Gasteiger partial charge in [-0.1, -0.05) is 30.3 Å². The number of amides is 1. The van der Waals surface area contributed by atoms with Crippen LogP contribution in [-0.4, -0.2) is 52.5 Å². The Labute approximate surface area is 167 Å². The lowest BCUT2D eigenvalue weighted by Crippen LogP contribution is -2.28. The number of aromatic amines is 1. The predicted molar refractivity (Wildman–Crippen MR) is 112 cm³/mol. The number of carbonyl (C=O) groups excluding carboxylic acids is 1. The van der Waals surface area contributed by atoms with Crippen LogP contribution in [0.1, 0.15) is 16.8 Å². The van der Waals surface area contributed by atoms with Crippen molar-refractivity contribution in [2.75, 3.05) is 27.3 Å². The van der Waals surface area contributed by atoms with Crippen LogP contribution in [0.25, 0.3) is 27.9 Å². The van der Waals surface area contributed by atoms with Crippen LogP contribution in [0.4, 0.5) is 0 Å². The lowest BCUT2D eigenvalue weighted by atomic mass is 10.1. The number of nitrogens with one attached hydrogen (secondary N) is 1. The largest absolute Gasteiger partial charge is 0.385 e. The van der Waals surface area contributed by atoms with Crippen molar-refractivity contribution in [1.82, 2.24) is 19.3 Å². The van der Waals surface area contributed by atoms with Crippen LogP contribution >= 0.6 is 0 Å². The molecule has 2 aromatic heterocycles. The summed E-state index contributed by atoms with van der Waals surface area (Å²) in [4.78, 5) is 34.4. The Kier molecular flexibility index (Phi) is 5.14. The van der Waals surface area contributed by atoms with Gasteiger partial charge < -0.3 is 14.6 Å². The molecule has 148 valence electrons. The molecule has 2 heterocycles. The van der Waals surface area contributed by atoms with E-state index in [9.17, 15) is 9.59 Å². The van der Waals surface area contributed by atoms with E-state index in [0.717, 1.165) is 17.5 Å². The van der Waals surface area contributed by atoms with Crippen LogP contribution in [0.15, 0.2) is 59.5 Å². The van der Waals surface area contributed by atoms with Gasteiger partial charge in [-0.25, -0.2) is 4.98 Å². The Hall–Kier alpha value is -3.45. The minimum Gasteiger partial charge on any atom is -0.385 e. The second-order valence-corrected chi connectivity index (χ2v) is 6.93. The molecule has 0 atom stereocenters. The van der Waals surface area contributed by atoms with Gasteiger partial charge in [0.2, 0.25) is 0 Å². The van der Waals surface area contributed by atoms with Crippen molar-refractivity contribution < 1.29 is 9.53 Å². The van der Waals surface area contributed by atoms with Gasteiger partial charge in [0, 0.05) is 38.4 Å². The summed E-state index contributed by atoms with van der Waals surface area (Å²) in [6, 6.07) is 15.0. The Morgan fingerprint density at radius 2 is 1.97 bits per heavy atom. The van der Waals surface area contributed by atoms with Gasteiger partial charge in [0.1, 0.15) is 11.3 Å². The highest BCUT2D eigenvalue weighted by atomic mass is 16.5. The number of aromatic nitrogens is 3. The summed E-state index contributed by atoms with van der Waals surface area (Å²) in [6.45, 7) is 1.21. The molecule has 4 rings (SSSR count). The highest BCUT2D eigenvalue weighted by molar-refractivity contribution is 5.97. The van der Waals surface area contributed by atoms with Crippen molar-refractivity contribution in [2.45, 2.75) is 6.42 Å². The molecule has 7 heteroatoms. The smallest absolute Gasteiger partial charge is 0.274 e. The van der Waals surface area contributed by atoms with Gasteiger partial charge in [-0.05, 0) is 24.6 Å². The van der Waals surface area contributed by atoms with E-state index in [1.165, 1.54) is 0 Å². The van der Waals surface area contributed by atoms with Gasteiger partial charge in [-0.15, -0.1) is 0 Å². The topological polar surface area (TPSA) is 79.7 Å². The molecule has 7 nitrogen and oxygen atoms in total. The van der Waals surface area contributed by atoms with Crippen molar-refractivity contribution in [1.29, 1.82) is 0 Å². The zero-order valence-electron chi connectivity index (χ0n) is 16.4. The van der Waals surface area contributed by atoms with Crippen molar-refractivity contribution in [2.24, 2.45) is 0 Å². The number of nitrogens with zero attached hydrogens (tertiary/aromatic N) is 3. The summed E-state index contributed by atoms with van der Waals surface area (Å²) < 4.78 is 6.87. The fourth-order valence-electron chi connectivity index (χ4n) is 3.46. The maximum absolute atomic E-state index is 12.9. The van der Waals surface area contributed by atoms with E-state index in [2.05, 4.69) is 9.97 Å². The molecular formula is C22H22N4O3. The average molecular weight is 390 g/mol. The van der Waals surface area contributed by atoms with E-state index in [-0.39, 0.29) is 11.5 Å². The first-order valence-electron chi connectivity index (χ1n) is 9.43. The van der Waals surface area contributed by atoms with E-state index in [0.29, 0.717) is 35.6 Å². The number of rotatable bonds is 6. The second kappa shape index (κ2) is 7.89. The third kappa shape index (κ3) is 3.52. The lowest BCUT2D eigenvalue weighted by Gasteiger charge is -2.17. The fourth-order valence-corrected chi connectivity index (χ4v) is 3.46. The first kappa shape index (κ1) is 18.9. The standard InChI is InChI=1S/C22H22N4O3/c1-25(11-6-12-29-2)22(28)16-9-10-17-18(13-16)26-19(21(27)24-17)14-23-20(26)15-7-4-3-5-8-15/h3-5,7-10,13-14H,6,11-12H2,1-2H3,(H,24,27). The van der Waals surface area contributed by atoms with Gasteiger partial charge in [0.15, 0.2) is 0 Å². The Morgan fingerprint density at radius 1 is 1.17 bits per heavy atom. The summed E-state index contributed by atoms with van der Waals surface area (Å²) in [6.07, 6.45) is 2.33. The predicted octanol–water partition coefficient (Wildman–Crippen LogP) is 2.95. The molecule has 2 aromatic carbocycles. The molecule has 0 saturated carbocycles. The van der Waals surface area contributed by atoms with E-state index < -0.39 is 0 Å². The molecule has 0 saturated heterocycles. The van der Waals surface area contributed by atoms with E-state index in [1.807, 2.05) is 40.8 Å². The molecule has 0 radical (unpaired) electrons. The summed E-state index contributed by atoms with van der Waals surface area (Å²) >= 11 is 0. The number of benzene rings is 2. The molecule has 0 aliphatic carbocycles. The number of fused-ring (bicyclic) bond motifs is 3. The average Bonchev–Trinajstić information content (AvgIpc) is 3.20. The Balaban J connectivity index is 1.84. The highest BCUT2D eigenvalue weighted by Gasteiger charge is 2.16. The first-order valence-corrected chi connectivity index (χ1v) is 9.43. The van der Waals surface area contributed by atoms with Crippen LogP contribution in [0.2, 0.25) is 0 Å². The first-order chi connectivity index (χ1) is 14.1. The van der Waals surface area contributed by atoms with Gasteiger partial charge in [-0.2, -0.15) is 0 Å². The number of imidazole rings is 1. The molecule has 0 bridgehead atoms. The summed E-state index contributed by atoms with van der Waals surface area (Å²) in [5.41, 5.74) is 3.05. The molecule has 29 heavy (non-hydrogen) atoms. The fraction of sp³-hybridized carbons (Fsp3) is 0.227. The van der Waals surface area contributed by atoms with Gasteiger partial charge in [0.05, 0.1) is 17.2 Å². The van der Waals surface area contributed by atoms with Crippen LogP contribution in [0.3, 0.4) is 0 Å².